The van der Waals surface area contributed by atoms with Crippen molar-refractivity contribution in [2.75, 3.05) is 20.1 Å². The Hall–Kier alpha value is -4.65. The van der Waals surface area contributed by atoms with Gasteiger partial charge < -0.3 is 25.4 Å². The lowest BCUT2D eigenvalue weighted by atomic mass is 10.1. The number of aliphatic imine (C=N–C) groups is 3. The third kappa shape index (κ3) is 16.0. The average Bonchev–Trinajstić information content (AvgIpc) is 3.02. The number of carbonyl (C=O) groups excluding carboxylic acids is 1. The van der Waals surface area contributed by atoms with Crippen molar-refractivity contribution in [1.82, 2.24) is 0 Å². The van der Waals surface area contributed by atoms with Gasteiger partial charge in [-0.25, -0.2) is 9.98 Å². The SMILES string of the molecule is CC=NC(=NC)c1ccc(C=N)cc1.COc1cc(C)c(N=C(N)SCOC(=O)C(C)C)c(C)c1.Cc1ccc(OC(F)(F)F)cc1. The molecule has 0 bridgehead atoms. The van der Waals surface area contributed by atoms with E-state index in [-0.39, 0.29) is 23.6 Å². The summed E-state index contributed by atoms with van der Waals surface area (Å²) in [4.78, 5) is 23.9. The van der Waals surface area contributed by atoms with Gasteiger partial charge in [-0.15, -0.1) is 13.2 Å². The molecule has 0 aliphatic heterocycles. The zero-order valence-electron chi connectivity index (χ0n) is 27.8. The molecule has 13 heteroatoms. The highest BCUT2D eigenvalue weighted by Crippen LogP contribution is 2.29. The molecule has 0 unspecified atom stereocenters. The Morgan fingerprint density at radius 1 is 1.00 bits per heavy atom. The summed E-state index contributed by atoms with van der Waals surface area (Å²) in [5.41, 5.74) is 11.4. The van der Waals surface area contributed by atoms with Crippen molar-refractivity contribution in [3.05, 3.63) is 88.5 Å². The van der Waals surface area contributed by atoms with Gasteiger partial charge in [-0.3, -0.25) is 9.79 Å². The molecule has 0 atom stereocenters. The zero-order chi connectivity index (χ0) is 35.6. The van der Waals surface area contributed by atoms with E-state index in [9.17, 15) is 18.0 Å². The molecule has 0 radical (unpaired) electrons. The number of amidine groups is 2. The monoisotopic (exact) mass is 673 g/mol. The topological polar surface area (TPSA) is 132 Å². The van der Waals surface area contributed by atoms with Gasteiger partial charge in [0.1, 0.15) is 17.4 Å². The van der Waals surface area contributed by atoms with Crippen LogP contribution in [0.4, 0.5) is 18.9 Å². The molecular weight excluding hydrogens is 631 g/mol. The highest BCUT2D eigenvalue weighted by atomic mass is 32.2. The summed E-state index contributed by atoms with van der Waals surface area (Å²) in [6, 6.07) is 17.1. The van der Waals surface area contributed by atoms with E-state index in [0.29, 0.717) is 11.0 Å². The molecule has 0 spiro atoms. The fraction of sp³-hybridized carbons (Fsp3) is 0.324. The Labute approximate surface area is 278 Å². The van der Waals surface area contributed by atoms with Gasteiger partial charge in [-0.1, -0.05) is 55.8 Å². The quantitative estimate of drug-likeness (QED) is 0.107. The molecule has 0 heterocycles. The smallest absolute Gasteiger partial charge is 0.497 e. The number of alkyl halides is 3. The Kier molecular flexibility index (Phi) is 17.6. The van der Waals surface area contributed by atoms with Gasteiger partial charge in [0.05, 0.1) is 18.7 Å². The van der Waals surface area contributed by atoms with Crippen molar-refractivity contribution in [3.63, 3.8) is 0 Å². The number of esters is 1. The van der Waals surface area contributed by atoms with E-state index in [0.717, 1.165) is 39.3 Å². The third-order valence-electron chi connectivity index (χ3n) is 5.85. The number of hydrogen-bond acceptors (Lipinski definition) is 8. The standard InChI is InChI=1S/C15H22N2O3S.C11H13N3.C8H7F3O/c1-9(2)14(18)20-8-21-15(16)17-13-10(3)6-12(19-5)7-11(13)4;1-3-14-11(13-2)10-6-4-9(8-12)5-7-10;1-6-2-4-7(5-3-6)12-8(9,10)11/h6-7,9H,8H2,1-5H3,(H2,16,17);3-8,12H,1-2H3;2-5H,1H3. The number of hydrogen-bond donors (Lipinski definition) is 2. The normalized spacial score (nSPS) is 11.7. The number of methoxy groups -OCH3 is 1. The van der Waals surface area contributed by atoms with Crippen molar-refractivity contribution >= 4 is 46.9 Å². The molecule has 3 rings (SSSR count). The van der Waals surface area contributed by atoms with Crippen LogP contribution in [0.15, 0.2) is 75.6 Å². The molecule has 0 aliphatic carbocycles. The number of nitrogens with one attached hydrogen (secondary N) is 1. The van der Waals surface area contributed by atoms with Crippen LogP contribution in [-0.2, 0) is 9.53 Å². The summed E-state index contributed by atoms with van der Waals surface area (Å²) in [5, 5.41) is 7.43. The molecule has 254 valence electrons. The molecule has 0 fully saturated rings. The second kappa shape index (κ2) is 20.5. The van der Waals surface area contributed by atoms with Gasteiger partial charge in [0.2, 0.25) is 0 Å². The predicted molar refractivity (Wildman–Crippen MR) is 186 cm³/mol. The zero-order valence-corrected chi connectivity index (χ0v) is 28.6. The summed E-state index contributed by atoms with van der Waals surface area (Å²) in [6.45, 7) is 11.1. The Balaban J connectivity index is 0.000000370. The van der Waals surface area contributed by atoms with Gasteiger partial charge in [-0.2, -0.15) is 0 Å². The average molecular weight is 674 g/mol. The molecule has 0 aliphatic rings. The molecule has 9 nitrogen and oxygen atoms in total. The van der Waals surface area contributed by atoms with Crippen LogP contribution in [0.5, 0.6) is 11.5 Å². The highest BCUT2D eigenvalue weighted by Gasteiger charge is 2.30. The maximum Gasteiger partial charge on any atom is 0.573 e. The van der Waals surface area contributed by atoms with Crippen molar-refractivity contribution < 1.29 is 32.2 Å². The number of carbonyl (C=O) groups is 1. The van der Waals surface area contributed by atoms with Gasteiger partial charge in [0.25, 0.3) is 0 Å². The number of halogens is 3. The first kappa shape index (κ1) is 40.4. The van der Waals surface area contributed by atoms with E-state index in [4.69, 9.17) is 20.6 Å². The summed E-state index contributed by atoms with van der Waals surface area (Å²) in [5.74, 6) is 1.10. The molecule has 47 heavy (non-hydrogen) atoms. The lowest BCUT2D eigenvalue weighted by molar-refractivity contribution is -0.274. The van der Waals surface area contributed by atoms with Crippen LogP contribution in [0, 0.1) is 32.1 Å². The molecule has 0 saturated heterocycles. The van der Waals surface area contributed by atoms with Crippen LogP contribution in [0.2, 0.25) is 0 Å². The number of ether oxygens (including phenoxy) is 3. The van der Waals surface area contributed by atoms with Crippen molar-refractivity contribution in [2.45, 2.75) is 47.9 Å². The predicted octanol–water partition coefficient (Wildman–Crippen LogP) is 8.19. The van der Waals surface area contributed by atoms with Crippen molar-refractivity contribution in [3.8, 4) is 11.5 Å². The van der Waals surface area contributed by atoms with Crippen LogP contribution in [-0.4, -0.2) is 55.9 Å². The summed E-state index contributed by atoms with van der Waals surface area (Å²) >= 11 is 1.20. The van der Waals surface area contributed by atoms with E-state index in [1.807, 2.05) is 57.2 Å². The third-order valence-corrected chi connectivity index (χ3v) is 6.48. The Morgan fingerprint density at radius 2 is 1.57 bits per heavy atom. The van der Waals surface area contributed by atoms with Gasteiger partial charge in [-0.05, 0) is 80.4 Å². The lowest BCUT2D eigenvalue weighted by Gasteiger charge is -2.10. The second-order valence-corrected chi connectivity index (χ2v) is 10.9. The van der Waals surface area contributed by atoms with E-state index in [2.05, 4.69) is 19.7 Å². The number of benzene rings is 3. The van der Waals surface area contributed by atoms with E-state index < -0.39 is 6.36 Å². The first-order valence-corrected chi connectivity index (χ1v) is 15.3. The van der Waals surface area contributed by atoms with Crippen LogP contribution >= 0.6 is 11.8 Å². The molecule has 0 amide bonds. The fourth-order valence-electron chi connectivity index (χ4n) is 3.52. The molecule has 0 aromatic heterocycles. The number of rotatable bonds is 8. The molecule has 3 aromatic carbocycles. The lowest BCUT2D eigenvalue weighted by Crippen LogP contribution is -2.16. The number of nitrogens with zero attached hydrogens (tertiary/aromatic N) is 3. The number of thioether (sulfide) groups is 1. The van der Waals surface area contributed by atoms with Crippen LogP contribution in [0.3, 0.4) is 0 Å². The van der Waals surface area contributed by atoms with E-state index >= 15 is 0 Å². The van der Waals surface area contributed by atoms with Crippen molar-refractivity contribution in [1.29, 1.82) is 5.41 Å². The first-order valence-electron chi connectivity index (χ1n) is 14.3. The largest absolute Gasteiger partial charge is 0.573 e. The Morgan fingerprint density at radius 3 is 2.02 bits per heavy atom. The van der Waals surface area contributed by atoms with E-state index in [1.165, 1.54) is 30.1 Å². The Bertz CT molecular complexity index is 1500. The molecule has 3 aromatic rings. The highest BCUT2D eigenvalue weighted by molar-refractivity contribution is 8.13. The van der Waals surface area contributed by atoms with E-state index in [1.54, 1.807) is 53.3 Å². The molecular formula is C34H42F3N5O4S. The van der Waals surface area contributed by atoms with Crippen LogP contribution in [0.1, 0.15) is 48.6 Å². The summed E-state index contributed by atoms with van der Waals surface area (Å²) < 4.78 is 48.8. The molecule has 0 saturated carbocycles. The summed E-state index contributed by atoms with van der Waals surface area (Å²) in [6.07, 6.45) is -1.57. The van der Waals surface area contributed by atoms with Crippen LogP contribution in [0.25, 0.3) is 0 Å². The maximum absolute atomic E-state index is 11.6. The fourth-order valence-corrected chi connectivity index (χ4v) is 3.97. The minimum Gasteiger partial charge on any atom is -0.497 e. The maximum atomic E-state index is 11.6. The minimum atomic E-state index is -4.60. The first-order chi connectivity index (χ1) is 22.1. The van der Waals surface area contributed by atoms with Gasteiger partial charge >= 0.3 is 12.3 Å². The van der Waals surface area contributed by atoms with Crippen molar-refractivity contribution in [2.24, 2.45) is 26.6 Å². The number of nitrogens with two attached hydrogens (primary N) is 1. The number of aryl methyl sites for hydroxylation is 3. The van der Waals surface area contributed by atoms with Gasteiger partial charge in [0.15, 0.2) is 11.0 Å². The molecule has 3 N–H and O–H groups in total. The minimum absolute atomic E-state index is 0.144. The van der Waals surface area contributed by atoms with Crippen LogP contribution < -0.4 is 15.2 Å². The second-order valence-electron chi connectivity index (χ2n) is 10.0. The van der Waals surface area contributed by atoms with Gasteiger partial charge in [0, 0.05) is 25.0 Å². The summed E-state index contributed by atoms with van der Waals surface area (Å²) in [7, 11) is 3.34.